The average Bonchev–Trinajstić information content (AvgIpc) is 3.35. The zero-order valence-electron chi connectivity index (χ0n) is 39.9. The highest BCUT2D eigenvalue weighted by Gasteiger charge is 2.09. The van der Waals surface area contributed by atoms with Crippen molar-refractivity contribution in [2.24, 2.45) is 30.7 Å². The van der Waals surface area contributed by atoms with Crippen LogP contribution < -0.4 is 10.6 Å². The van der Waals surface area contributed by atoms with E-state index in [2.05, 4.69) is 48.2 Å². The van der Waals surface area contributed by atoms with Gasteiger partial charge in [0.1, 0.15) is 11.5 Å². The van der Waals surface area contributed by atoms with Crippen molar-refractivity contribution in [1.82, 2.24) is 0 Å². The fourth-order valence-electron chi connectivity index (χ4n) is 5.67. The Bertz CT molecular complexity index is 3190. The summed E-state index contributed by atoms with van der Waals surface area (Å²) in [7, 11) is -7.67. The highest BCUT2D eigenvalue weighted by atomic mass is 32.2. The fraction of sp³-hybridized carbons (Fsp3) is 0.154. The summed E-state index contributed by atoms with van der Waals surface area (Å²) in [6, 6.07) is 47.9. The highest BCUT2D eigenvalue weighted by Crippen LogP contribution is 2.27. The Morgan fingerprint density at radius 1 is 0.514 bits per heavy atom. The topological polar surface area (TPSA) is 282 Å². The zero-order valence-corrected chi connectivity index (χ0v) is 41.6. The molecule has 0 fully saturated rings. The van der Waals surface area contributed by atoms with E-state index < -0.39 is 32.0 Å². The number of rotatable bonds is 13. The van der Waals surface area contributed by atoms with Crippen LogP contribution in [0.2, 0.25) is 0 Å². The molecule has 6 N–H and O–H groups in total. The van der Waals surface area contributed by atoms with E-state index in [0.717, 1.165) is 28.2 Å². The third kappa shape index (κ3) is 21.7. The monoisotopic (exact) mass is 1010 g/mol. The molecule has 0 aromatic heterocycles. The molecule has 7 aromatic rings. The molecule has 18 nitrogen and oxygen atoms in total. The minimum atomic E-state index is -4.00. The molecule has 0 spiro atoms. The van der Waals surface area contributed by atoms with Crippen molar-refractivity contribution in [2.75, 3.05) is 16.4 Å². The molecule has 0 aliphatic rings. The van der Waals surface area contributed by atoms with Crippen LogP contribution in [-0.4, -0.2) is 53.7 Å². The molecular formula is C52H54N8O10S2. The van der Waals surface area contributed by atoms with Crippen LogP contribution in [0.5, 0.6) is 5.75 Å². The van der Waals surface area contributed by atoms with Crippen LogP contribution in [0.4, 0.5) is 50.3 Å². The van der Waals surface area contributed by atoms with Crippen molar-refractivity contribution in [3.05, 3.63) is 197 Å². The standard InChI is InChI=1S/C23H22N4O4.C14H14N2O3S.C13H12N2.C2H6O3S/c1-14-3-9-21(16(11-14)13-28)25-23(31)24-17-4-6-18(7-5-17)26-27-19-8-10-22(30)20(12-19)15(2)29;1-11-2-6-13(7-3-11)15-16-14-8-4-12(5-9-14)10-20(17,18)19;1-11-7-9-13(10-8-11)15-14-12-5-3-2-4-6-12;1-2-6(3,4)5/h3-12,28,30H,13H2,1-2H3,(H2,24,25,31);2-9H,10H2,1H3,(H,17,18,19);2-10H,1H3;2H2,1H3,(H,3,4,5). The van der Waals surface area contributed by atoms with Gasteiger partial charge in [-0.25, -0.2) is 4.79 Å². The van der Waals surface area contributed by atoms with E-state index in [-0.39, 0.29) is 29.5 Å². The first-order valence-corrected chi connectivity index (χ1v) is 25.1. The summed E-state index contributed by atoms with van der Waals surface area (Å²) < 4.78 is 57.1. The van der Waals surface area contributed by atoms with Gasteiger partial charge in [0, 0.05) is 16.9 Å². The van der Waals surface area contributed by atoms with E-state index in [1.807, 2.05) is 105 Å². The lowest BCUT2D eigenvalue weighted by atomic mass is 10.1. The summed E-state index contributed by atoms with van der Waals surface area (Å²) in [6.45, 7) is 8.52. The molecule has 7 rings (SSSR count). The number of phenolic OH excluding ortho intramolecular Hbond substituents is 1. The molecule has 0 unspecified atom stereocenters. The first kappa shape index (κ1) is 56.4. The van der Waals surface area contributed by atoms with Gasteiger partial charge in [0.25, 0.3) is 20.2 Å². The number of nitrogens with one attached hydrogen (secondary N) is 2. The van der Waals surface area contributed by atoms with Gasteiger partial charge in [-0.1, -0.05) is 83.4 Å². The molecular weight excluding hydrogens is 961 g/mol. The minimum absolute atomic E-state index is 0.100. The maximum absolute atomic E-state index is 12.3. The van der Waals surface area contributed by atoms with Crippen molar-refractivity contribution in [1.29, 1.82) is 0 Å². The summed E-state index contributed by atoms with van der Waals surface area (Å²) in [5.74, 6) is -0.966. The number of amides is 2. The molecule has 7 aromatic carbocycles. The van der Waals surface area contributed by atoms with Crippen molar-refractivity contribution in [2.45, 2.75) is 47.0 Å². The van der Waals surface area contributed by atoms with Gasteiger partial charge in [-0.2, -0.15) is 47.5 Å². The molecule has 0 radical (unpaired) electrons. The van der Waals surface area contributed by atoms with E-state index in [1.165, 1.54) is 31.5 Å². The molecule has 0 aliphatic heterocycles. The number of azo groups is 3. The number of nitrogens with zero attached hydrogens (tertiary/aromatic N) is 6. The first-order chi connectivity index (χ1) is 34.2. The van der Waals surface area contributed by atoms with Crippen LogP contribution in [-0.2, 0) is 32.6 Å². The van der Waals surface area contributed by atoms with Gasteiger partial charge in [0.15, 0.2) is 5.78 Å². The zero-order chi connectivity index (χ0) is 52.7. The quantitative estimate of drug-likeness (QED) is 0.0361. The molecule has 0 aliphatic carbocycles. The second-order valence-corrected chi connectivity index (χ2v) is 18.8. The number of ketones is 1. The lowest BCUT2D eigenvalue weighted by Gasteiger charge is -2.11. The fourth-order valence-corrected chi connectivity index (χ4v) is 6.29. The second kappa shape index (κ2) is 27.9. The number of aromatic hydroxyl groups is 1. The Morgan fingerprint density at radius 3 is 1.38 bits per heavy atom. The molecule has 20 heteroatoms. The predicted molar refractivity (Wildman–Crippen MR) is 279 cm³/mol. The number of hydrogen-bond donors (Lipinski definition) is 6. The normalized spacial score (nSPS) is 11.2. The number of carbonyl (C=O) groups is 2. The number of hydrogen-bond acceptors (Lipinski definition) is 14. The summed E-state index contributed by atoms with van der Waals surface area (Å²) in [4.78, 5) is 23.8. The summed E-state index contributed by atoms with van der Waals surface area (Å²) in [6.07, 6.45) is 0. The Kier molecular flexibility index (Phi) is 21.9. The number of aliphatic hydroxyl groups excluding tert-OH is 1. The number of benzene rings is 7. The van der Waals surface area contributed by atoms with E-state index in [9.17, 15) is 36.6 Å². The minimum Gasteiger partial charge on any atom is -0.507 e. The van der Waals surface area contributed by atoms with Gasteiger partial charge in [-0.15, -0.1) is 0 Å². The predicted octanol–water partition coefficient (Wildman–Crippen LogP) is 13.6. The SMILES string of the molecule is CC(=O)c1cc(N=Nc2ccc(NC(=O)Nc3ccc(C)cc3CO)cc2)ccc1O.CCS(=O)(=O)O.Cc1ccc(N=Nc2ccc(CS(=O)(=O)O)cc2)cc1.Cc1ccc(N=Nc2ccccc2)cc1. The van der Waals surface area contributed by atoms with Gasteiger partial charge < -0.3 is 20.8 Å². The summed E-state index contributed by atoms with van der Waals surface area (Å²) in [5.41, 5.74) is 9.87. The number of urea groups is 1. The smallest absolute Gasteiger partial charge is 0.323 e. The van der Waals surface area contributed by atoms with E-state index in [0.29, 0.717) is 39.6 Å². The third-order valence-electron chi connectivity index (χ3n) is 9.48. The number of Topliss-reactive ketones (excluding diaryl/α,β-unsaturated/α-hetero) is 1. The number of aliphatic hydroxyl groups is 1. The Balaban J connectivity index is 0.000000235. The first-order valence-electron chi connectivity index (χ1n) is 21.8. The molecule has 0 bridgehead atoms. The van der Waals surface area contributed by atoms with Crippen molar-refractivity contribution in [3.8, 4) is 5.75 Å². The average molecular weight is 1020 g/mol. The molecule has 72 heavy (non-hydrogen) atoms. The third-order valence-corrected chi connectivity index (χ3v) is 10.9. The lowest BCUT2D eigenvalue weighted by molar-refractivity contribution is 0.101. The Hall–Kier alpha value is -8.14. The Labute approximate surface area is 418 Å². The Morgan fingerprint density at radius 2 is 0.931 bits per heavy atom. The van der Waals surface area contributed by atoms with Gasteiger partial charge in [0.05, 0.1) is 52.0 Å². The van der Waals surface area contributed by atoms with Gasteiger partial charge in [-0.3, -0.25) is 13.9 Å². The molecule has 0 heterocycles. The van der Waals surface area contributed by atoms with Crippen LogP contribution in [0.1, 0.15) is 52.0 Å². The van der Waals surface area contributed by atoms with Crippen LogP contribution in [0.25, 0.3) is 0 Å². The van der Waals surface area contributed by atoms with E-state index in [4.69, 9.17) is 9.11 Å². The largest absolute Gasteiger partial charge is 0.507 e. The van der Waals surface area contributed by atoms with Crippen molar-refractivity contribution in [3.63, 3.8) is 0 Å². The lowest BCUT2D eigenvalue weighted by Crippen LogP contribution is -2.20. The van der Waals surface area contributed by atoms with Crippen LogP contribution in [0.3, 0.4) is 0 Å². The molecule has 374 valence electrons. The van der Waals surface area contributed by atoms with Crippen molar-refractivity contribution >= 4 is 77.5 Å². The van der Waals surface area contributed by atoms with Gasteiger partial charge in [-0.05, 0) is 137 Å². The number of aryl methyl sites for hydroxylation is 3. The van der Waals surface area contributed by atoms with Crippen LogP contribution in [0.15, 0.2) is 194 Å². The highest BCUT2D eigenvalue weighted by molar-refractivity contribution is 7.85. The van der Waals surface area contributed by atoms with Gasteiger partial charge in [0.2, 0.25) is 0 Å². The van der Waals surface area contributed by atoms with E-state index >= 15 is 0 Å². The molecule has 0 saturated heterocycles. The summed E-state index contributed by atoms with van der Waals surface area (Å²) in [5, 5.41) is 49.1. The van der Waals surface area contributed by atoms with Crippen LogP contribution >= 0.6 is 0 Å². The van der Waals surface area contributed by atoms with Gasteiger partial charge >= 0.3 is 6.03 Å². The molecule has 0 atom stereocenters. The van der Waals surface area contributed by atoms with Crippen LogP contribution in [0, 0.1) is 20.8 Å². The number of phenols is 1. The van der Waals surface area contributed by atoms with E-state index in [1.54, 1.807) is 60.7 Å². The van der Waals surface area contributed by atoms with Crippen molar-refractivity contribution < 1.29 is 45.7 Å². The maximum atomic E-state index is 12.3. The molecule has 2 amide bonds. The maximum Gasteiger partial charge on any atom is 0.323 e. The number of anilines is 2. The second-order valence-electron chi connectivity index (χ2n) is 15.6. The summed E-state index contributed by atoms with van der Waals surface area (Å²) >= 11 is 0. The number of carbonyl (C=O) groups excluding carboxylic acids is 2. The molecule has 0 saturated carbocycles.